The summed E-state index contributed by atoms with van der Waals surface area (Å²) in [5, 5.41) is 30.4. The predicted octanol–water partition coefficient (Wildman–Crippen LogP) is 7.83. The van der Waals surface area contributed by atoms with Crippen molar-refractivity contribution in [3.63, 3.8) is 0 Å². The molecule has 0 radical (unpaired) electrons. The zero-order chi connectivity index (χ0) is 52.4. The molecule has 72 heavy (non-hydrogen) atoms. The van der Waals surface area contributed by atoms with Gasteiger partial charge < -0.3 is 0 Å². The lowest BCUT2D eigenvalue weighted by atomic mass is 9.95. The largest absolute Gasteiger partial charge is 0.286 e. The molecule has 0 spiro atoms. The Kier molecular flexibility index (Phi) is 15.7. The van der Waals surface area contributed by atoms with Crippen molar-refractivity contribution in [2.75, 3.05) is 17.3 Å². The highest BCUT2D eigenvalue weighted by Crippen LogP contribution is 2.32. The Morgan fingerprint density at radius 1 is 0.444 bits per heavy atom. The number of nitriles is 3. The van der Waals surface area contributed by atoms with Crippen LogP contribution in [0.15, 0.2) is 67.0 Å². The minimum Gasteiger partial charge on any atom is -0.286 e. The maximum Gasteiger partial charge on any atom is 0.272 e. The summed E-state index contributed by atoms with van der Waals surface area (Å²) >= 11 is 4.64. The maximum absolute atomic E-state index is 12.7. The molecule has 0 saturated heterocycles. The second kappa shape index (κ2) is 21.2. The highest BCUT2D eigenvalue weighted by molar-refractivity contribution is 7.99. The van der Waals surface area contributed by atoms with Crippen LogP contribution in [0.3, 0.4) is 0 Å². The van der Waals surface area contributed by atoms with Crippen molar-refractivity contribution in [1.29, 1.82) is 15.8 Å². The third-order valence-electron chi connectivity index (χ3n) is 11.5. The molecule has 6 aromatic heterocycles. The summed E-state index contributed by atoms with van der Waals surface area (Å²) in [6.45, 7) is 26.3. The van der Waals surface area contributed by atoms with E-state index in [2.05, 4.69) is 65.6 Å². The lowest BCUT2D eigenvalue weighted by Crippen LogP contribution is -2.32. The maximum atomic E-state index is 12.7. The van der Waals surface area contributed by atoms with Gasteiger partial charge >= 0.3 is 0 Å². The molecule has 0 fully saturated rings. The summed E-state index contributed by atoms with van der Waals surface area (Å²) in [5.41, 5.74) is 1.75. The summed E-state index contributed by atoms with van der Waals surface area (Å²) in [5.74, 6) is 6.02. The number of hydrogen-bond acceptors (Lipinski definition) is 18. The fraction of sp³-hybridized carbons (Fsp3) is 0.471. The van der Waals surface area contributed by atoms with E-state index in [4.69, 9.17) is 0 Å². The first kappa shape index (κ1) is 53.2. The van der Waals surface area contributed by atoms with E-state index in [-0.39, 0.29) is 49.6 Å². The molecule has 3 aliphatic rings. The lowest BCUT2D eigenvalue weighted by molar-refractivity contribution is 0.460. The van der Waals surface area contributed by atoms with Gasteiger partial charge in [0.1, 0.15) is 52.4 Å². The summed E-state index contributed by atoms with van der Waals surface area (Å²) in [6.07, 6.45) is 9.85. The minimum absolute atomic E-state index is 0.0561. The van der Waals surface area contributed by atoms with Gasteiger partial charge in [0.2, 0.25) is 0 Å². The Balaban J connectivity index is 0.000000158. The van der Waals surface area contributed by atoms with Crippen molar-refractivity contribution in [3.8, 4) is 52.0 Å². The van der Waals surface area contributed by atoms with Crippen LogP contribution in [0.2, 0.25) is 0 Å². The van der Waals surface area contributed by atoms with Crippen LogP contribution >= 0.6 is 35.3 Å². The van der Waals surface area contributed by atoms with Crippen LogP contribution in [-0.2, 0) is 35.9 Å². The third kappa shape index (κ3) is 11.5. The molecule has 0 amide bonds. The average molecular weight is 1020 g/mol. The lowest BCUT2D eigenvalue weighted by Gasteiger charge is -2.23. The van der Waals surface area contributed by atoms with E-state index in [9.17, 15) is 30.2 Å². The Morgan fingerprint density at radius 2 is 0.667 bits per heavy atom. The van der Waals surface area contributed by atoms with Crippen LogP contribution in [0, 0.1) is 51.7 Å². The first-order valence-corrected chi connectivity index (χ1v) is 26.4. The zero-order valence-electron chi connectivity index (χ0n) is 42.6. The molecule has 3 atom stereocenters. The smallest absolute Gasteiger partial charge is 0.272 e. The molecule has 9 rings (SSSR count). The van der Waals surface area contributed by atoms with Crippen LogP contribution in [0.4, 0.5) is 0 Å². The molecule has 0 saturated carbocycles. The van der Waals surface area contributed by atoms with E-state index in [1.807, 2.05) is 80.5 Å². The molecule has 0 bridgehead atoms. The van der Waals surface area contributed by atoms with E-state index in [0.717, 1.165) is 17.3 Å². The van der Waals surface area contributed by atoms with Crippen molar-refractivity contribution in [3.05, 3.63) is 102 Å². The second-order valence-corrected chi connectivity index (χ2v) is 24.3. The van der Waals surface area contributed by atoms with Crippen LogP contribution in [-0.4, -0.2) is 75.8 Å². The van der Waals surface area contributed by atoms with Gasteiger partial charge in [-0.3, -0.25) is 28.1 Å². The van der Waals surface area contributed by atoms with E-state index in [0.29, 0.717) is 104 Å². The van der Waals surface area contributed by atoms with Crippen molar-refractivity contribution >= 4 is 35.3 Å². The summed E-state index contributed by atoms with van der Waals surface area (Å²) in [7, 11) is 0. The fourth-order valence-electron chi connectivity index (χ4n) is 7.60. The Hall–Kier alpha value is -6.60. The molecule has 0 aliphatic carbocycles. The highest BCUT2D eigenvalue weighted by atomic mass is 32.2. The van der Waals surface area contributed by atoms with Crippen LogP contribution in [0.5, 0.6) is 0 Å². The second-order valence-electron chi connectivity index (χ2n) is 21.3. The Labute approximate surface area is 431 Å². The van der Waals surface area contributed by atoms with Crippen molar-refractivity contribution in [2.24, 2.45) is 17.8 Å². The first-order valence-electron chi connectivity index (χ1n) is 23.4. The van der Waals surface area contributed by atoms with Gasteiger partial charge in [0, 0.05) is 107 Å². The molecule has 0 aromatic carbocycles. The summed E-state index contributed by atoms with van der Waals surface area (Å²) in [6, 6.07) is 6.03. The molecule has 6 aromatic rings. The van der Waals surface area contributed by atoms with E-state index >= 15 is 0 Å². The average Bonchev–Trinajstić information content (AvgIpc) is 3.34. The van der Waals surface area contributed by atoms with Crippen LogP contribution in [0.25, 0.3) is 33.8 Å². The standard InChI is InChI=1S/3C17H19N5OS/c3*1-10-8-22-14(23)12(5-18)13(21-16(22)24-9-10)11-6-19-15(20-7-11)17(2,3)4/h3*6-7,10H,8-9H2,1-4H3/t2*10-;/m10./s1. The quantitative estimate of drug-likeness (QED) is 0.153. The molecule has 1 unspecified atom stereocenters. The summed E-state index contributed by atoms with van der Waals surface area (Å²) in [4.78, 5) is 77.9. The van der Waals surface area contributed by atoms with Gasteiger partial charge in [-0.1, -0.05) is 118 Å². The van der Waals surface area contributed by atoms with Gasteiger partial charge in [0.25, 0.3) is 16.7 Å². The fourth-order valence-corrected chi connectivity index (χ4v) is 10.6. The number of rotatable bonds is 3. The Morgan fingerprint density at radius 3 is 0.861 bits per heavy atom. The van der Waals surface area contributed by atoms with Crippen LogP contribution < -0.4 is 16.7 Å². The summed E-state index contributed by atoms with van der Waals surface area (Å²) < 4.78 is 4.81. The molecular formula is C51H57N15O3S3. The first-order chi connectivity index (χ1) is 33.9. The Bertz CT molecular complexity index is 2980. The highest BCUT2D eigenvalue weighted by Gasteiger charge is 2.28. The molecule has 18 nitrogen and oxygen atoms in total. The SMILES string of the molecule is CC1CSc2nc(-c3cnc(C(C)(C)C)nc3)c(C#N)c(=O)n2C1.C[C@@H]1CSc2nc(-c3cnc(C(C)(C)C)nc3)c(C#N)c(=O)n2C1.C[C@H]1CSc2nc(-c3cnc(C(C)(C)C)nc3)c(C#N)c(=O)n2C1. The van der Waals surface area contributed by atoms with Gasteiger partial charge in [-0.2, -0.15) is 15.8 Å². The normalized spacial score (nSPS) is 17.2. The molecule has 372 valence electrons. The molecule has 0 N–H and O–H groups in total. The van der Waals surface area contributed by atoms with Gasteiger partial charge in [0.05, 0.1) is 17.1 Å². The monoisotopic (exact) mass is 1020 g/mol. The van der Waals surface area contributed by atoms with Crippen molar-refractivity contribution in [2.45, 2.75) is 134 Å². The third-order valence-corrected chi connectivity index (χ3v) is 15.4. The number of hydrogen-bond donors (Lipinski definition) is 0. The van der Waals surface area contributed by atoms with E-state index in [1.54, 1.807) is 86.2 Å². The van der Waals surface area contributed by atoms with E-state index in [1.165, 1.54) is 0 Å². The van der Waals surface area contributed by atoms with Crippen LogP contribution in [0.1, 0.15) is 117 Å². The van der Waals surface area contributed by atoms with Gasteiger partial charge in [-0.15, -0.1) is 0 Å². The van der Waals surface area contributed by atoms with Crippen molar-refractivity contribution in [1.82, 2.24) is 58.6 Å². The molecule has 21 heteroatoms. The number of fused-ring (bicyclic) bond motifs is 3. The molecule has 3 aliphatic heterocycles. The minimum atomic E-state index is -0.281. The predicted molar refractivity (Wildman–Crippen MR) is 278 cm³/mol. The number of nitrogens with zero attached hydrogens (tertiary/aromatic N) is 15. The molecular weight excluding hydrogens is 967 g/mol. The number of thioether (sulfide) groups is 3. The van der Waals surface area contributed by atoms with Gasteiger partial charge in [-0.25, -0.2) is 44.9 Å². The van der Waals surface area contributed by atoms with Crippen molar-refractivity contribution < 1.29 is 0 Å². The van der Waals surface area contributed by atoms with E-state index < -0.39 is 0 Å². The zero-order valence-corrected chi connectivity index (χ0v) is 45.0. The number of aromatic nitrogens is 12. The topological polar surface area (TPSA) is 253 Å². The molecule has 9 heterocycles. The van der Waals surface area contributed by atoms with Gasteiger partial charge in [-0.05, 0) is 17.8 Å². The van der Waals surface area contributed by atoms with Gasteiger partial charge in [0.15, 0.2) is 15.5 Å².